The van der Waals surface area contributed by atoms with Crippen LogP contribution >= 0.6 is 27.5 Å². The van der Waals surface area contributed by atoms with E-state index in [4.69, 9.17) is 17.3 Å². The van der Waals surface area contributed by atoms with Gasteiger partial charge in [-0.2, -0.15) is 0 Å². The number of carbonyl (C=O) groups excluding carboxylic acids is 2. The molecule has 3 rings (SSSR count). The van der Waals surface area contributed by atoms with E-state index in [0.717, 1.165) is 4.47 Å². The first-order valence-corrected chi connectivity index (χ1v) is 9.35. The van der Waals surface area contributed by atoms with Gasteiger partial charge in [-0.1, -0.05) is 27.5 Å². The number of benzene rings is 2. The zero-order valence-corrected chi connectivity index (χ0v) is 17.1. The highest BCUT2D eigenvalue weighted by Crippen LogP contribution is 2.21. The Hall–Kier alpha value is -3.37. The van der Waals surface area contributed by atoms with Gasteiger partial charge in [0.15, 0.2) is 11.6 Å². The van der Waals surface area contributed by atoms with E-state index in [0.29, 0.717) is 16.1 Å². The first-order chi connectivity index (χ1) is 13.9. The highest BCUT2D eigenvalue weighted by Gasteiger charge is 2.12. The topological polar surface area (TPSA) is 134 Å². The van der Waals surface area contributed by atoms with E-state index in [1.165, 1.54) is 6.33 Å². The Bertz CT molecular complexity index is 950. The molecule has 0 aliphatic rings. The quantitative estimate of drug-likeness (QED) is 0.345. The molecular formula is C18H15BrClN7O2. The Morgan fingerprint density at radius 2 is 1.28 bits per heavy atom. The van der Waals surface area contributed by atoms with Gasteiger partial charge in [0.2, 0.25) is 0 Å². The Kier molecular flexibility index (Phi) is 6.47. The summed E-state index contributed by atoms with van der Waals surface area (Å²) >= 11 is 9.11. The molecule has 0 spiro atoms. The predicted molar refractivity (Wildman–Crippen MR) is 114 cm³/mol. The summed E-state index contributed by atoms with van der Waals surface area (Å²) in [7, 11) is 0. The van der Waals surface area contributed by atoms with Gasteiger partial charge in [0.05, 0.1) is 0 Å². The number of nitrogens with zero attached hydrogens (tertiary/aromatic N) is 2. The summed E-state index contributed by atoms with van der Waals surface area (Å²) in [5.74, 6) is -0.463. The van der Waals surface area contributed by atoms with E-state index in [2.05, 4.69) is 47.6 Å². The van der Waals surface area contributed by atoms with Gasteiger partial charge >= 0.3 is 0 Å². The van der Waals surface area contributed by atoms with E-state index in [1.807, 2.05) is 0 Å². The van der Waals surface area contributed by atoms with E-state index >= 15 is 0 Å². The molecule has 0 aliphatic carbocycles. The molecule has 3 aromatic rings. The van der Waals surface area contributed by atoms with Gasteiger partial charge < -0.3 is 5.73 Å². The molecule has 0 saturated carbocycles. The third-order valence-electron chi connectivity index (χ3n) is 3.69. The van der Waals surface area contributed by atoms with Crippen molar-refractivity contribution in [3.05, 3.63) is 75.5 Å². The lowest BCUT2D eigenvalue weighted by Gasteiger charge is -2.13. The van der Waals surface area contributed by atoms with Crippen molar-refractivity contribution in [2.24, 2.45) is 0 Å². The fourth-order valence-electron chi connectivity index (χ4n) is 2.17. The van der Waals surface area contributed by atoms with Crippen molar-refractivity contribution in [2.75, 3.05) is 16.6 Å². The molecule has 1 heterocycles. The molecule has 2 aromatic carbocycles. The maximum absolute atomic E-state index is 12.2. The maximum atomic E-state index is 12.2. The molecule has 0 saturated heterocycles. The average Bonchev–Trinajstić information content (AvgIpc) is 2.72. The molecule has 1 aromatic heterocycles. The minimum atomic E-state index is -0.405. The third-order valence-corrected chi connectivity index (χ3v) is 4.47. The van der Waals surface area contributed by atoms with Crippen LogP contribution in [0.1, 0.15) is 20.7 Å². The largest absolute Gasteiger partial charge is 0.393 e. The van der Waals surface area contributed by atoms with Crippen LogP contribution in [0, 0.1) is 0 Å². The summed E-state index contributed by atoms with van der Waals surface area (Å²) < 4.78 is 0.860. The lowest BCUT2D eigenvalue weighted by Crippen LogP contribution is -2.32. The van der Waals surface area contributed by atoms with Crippen LogP contribution in [0.15, 0.2) is 59.3 Å². The van der Waals surface area contributed by atoms with Crippen LogP contribution in [0.25, 0.3) is 0 Å². The number of hydrogen-bond donors (Lipinski definition) is 5. The van der Waals surface area contributed by atoms with Crippen LogP contribution in [-0.4, -0.2) is 21.8 Å². The minimum absolute atomic E-state index is 0.0972. The molecule has 6 N–H and O–H groups in total. The number of hydrazine groups is 2. The average molecular weight is 477 g/mol. The second kappa shape index (κ2) is 9.22. The van der Waals surface area contributed by atoms with Crippen molar-refractivity contribution >= 4 is 56.7 Å². The smallest absolute Gasteiger partial charge is 0.269 e. The zero-order chi connectivity index (χ0) is 20.8. The van der Waals surface area contributed by atoms with Crippen LogP contribution in [0.2, 0.25) is 5.02 Å². The fourth-order valence-corrected chi connectivity index (χ4v) is 2.56. The molecule has 29 heavy (non-hydrogen) atoms. The fraction of sp³-hybridized carbons (Fsp3) is 0. The second-order valence-electron chi connectivity index (χ2n) is 5.66. The number of hydrogen-bond acceptors (Lipinski definition) is 7. The monoisotopic (exact) mass is 475 g/mol. The van der Waals surface area contributed by atoms with Gasteiger partial charge in [0, 0.05) is 20.6 Å². The number of amides is 2. The van der Waals surface area contributed by atoms with Gasteiger partial charge in [-0.15, -0.1) is 0 Å². The van der Waals surface area contributed by atoms with Gasteiger partial charge in [-0.3, -0.25) is 31.3 Å². The number of rotatable bonds is 6. The summed E-state index contributed by atoms with van der Waals surface area (Å²) in [6, 6.07) is 13.2. The summed E-state index contributed by atoms with van der Waals surface area (Å²) in [6.45, 7) is 0. The summed E-state index contributed by atoms with van der Waals surface area (Å²) in [6.07, 6.45) is 1.22. The number of nitrogens with two attached hydrogens (primary N) is 1. The van der Waals surface area contributed by atoms with Gasteiger partial charge in [-0.25, -0.2) is 9.97 Å². The molecule has 0 radical (unpaired) electrons. The van der Waals surface area contributed by atoms with Crippen molar-refractivity contribution in [3.63, 3.8) is 0 Å². The summed E-state index contributed by atoms with van der Waals surface area (Å²) in [5.41, 5.74) is 17.2. The van der Waals surface area contributed by atoms with E-state index < -0.39 is 5.91 Å². The predicted octanol–water partition coefficient (Wildman–Crippen LogP) is 2.99. The summed E-state index contributed by atoms with van der Waals surface area (Å²) in [4.78, 5) is 32.3. The second-order valence-corrected chi connectivity index (χ2v) is 7.01. The van der Waals surface area contributed by atoms with Crippen molar-refractivity contribution in [1.29, 1.82) is 0 Å². The van der Waals surface area contributed by atoms with E-state index in [1.54, 1.807) is 48.5 Å². The van der Waals surface area contributed by atoms with Crippen molar-refractivity contribution in [2.45, 2.75) is 0 Å². The minimum Gasteiger partial charge on any atom is -0.393 e. The Labute approximate surface area is 179 Å². The molecule has 0 atom stereocenters. The normalized spacial score (nSPS) is 10.1. The number of halogens is 2. The van der Waals surface area contributed by atoms with Crippen LogP contribution < -0.4 is 27.4 Å². The molecule has 2 amide bonds. The van der Waals surface area contributed by atoms with Crippen LogP contribution in [0.3, 0.4) is 0 Å². The third kappa shape index (κ3) is 5.33. The number of nitrogens with one attached hydrogen (secondary N) is 4. The lowest BCUT2D eigenvalue weighted by atomic mass is 10.2. The highest BCUT2D eigenvalue weighted by molar-refractivity contribution is 9.10. The Morgan fingerprint density at radius 3 is 1.76 bits per heavy atom. The maximum Gasteiger partial charge on any atom is 0.269 e. The number of aromatic nitrogens is 2. The molecule has 9 nitrogen and oxygen atoms in total. The molecule has 0 fully saturated rings. The van der Waals surface area contributed by atoms with Crippen LogP contribution in [0.5, 0.6) is 0 Å². The Morgan fingerprint density at radius 1 is 0.828 bits per heavy atom. The van der Waals surface area contributed by atoms with Crippen LogP contribution in [0.4, 0.5) is 17.3 Å². The van der Waals surface area contributed by atoms with Crippen LogP contribution in [-0.2, 0) is 0 Å². The molecule has 0 unspecified atom stereocenters. The zero-order valence-electron chi connectivity index (χ0n) is 14.7. The number of nitrogen functional groups attached to an aromatic ring is 1. The number of carbonyl (C=O) groups is 2. The Balaban J connectivity index is 1.61. The highest BCUT2D eigenvalue weighted by atomic mass is 79.9. The van der Waals surface area contributed by atoms with E-state index in [-0.39, 0.29) is 23.2 Å². The molecule has 0 aliphatic heterocycles. The van der Waals surface area contributed by atoms with Crippen molar-refractivity contribution < 1.29 is 9.59 Å². The lowest BCUT2D eigenvalue weighted by molar-refractivity contribution is 0.0954. The number of anilines is 3. The van der Waals surface area contributed by atoms with Crippen molar-refractivity contribution in [3.8, 4) is 0 Å². The molecule has 11 heteroatoms. The molecular weight excluding hydrogens is 462 g/mol. The molecule has 0 bridgehead atoms. The van der Waals surface area contributed by atoms with Gasteiger partial charge in [0.25, 0.3) is 11.8 Å². The first kappa shape index (κ1) is 20.4. The summed E-state index contributed by atoms with van der Waals surface area (Å²) in [5, 5.41) is 0.524. The van der Waals surface area contributed by atoms with Gasteiger partial charge in [0.1, 0.15) is 12.0 Å². The standard InChI is InChI=1S/C18H15BrClN7O2/c19-12-5-1-10(2-6-12)17(28)26-24-15-14(21)16(23-9-22-15)25-27-18(29)11-3-7-13(20)8-4-11/h1-9H,21H2,(H,26,28)(H,27,29)(H2,22,23,24,25). The SMILES string of the molecule is Nc1c(NNC(=O)c2ccc(Cl)cc2)ncnc1NNC(=O)c1ccc(Br)cc1. The van der Waals surface area contributed by atoms with Crippen molar-refractivity contribution in [1.82, 2.24) is 20.8 Å². The molecule has 148 valence electrons. The van der Waals surface area contributed by atoms with E-state index in [9.17, 15) is 9.59 Å². The first-order valence-electron chi connectivity index (χ1n) is 8.18. The van der Waals surface area contributed by atoms with Gasteiger partial charge in [-0.05, 0) is 48.5 Å².